The SMILES string of the molecule is COc1cccc(NC(=O)N2CCC(O)(C(F)(F)F)C2)c1. The molecule has 2 amide bonds. The number of carbonyl (C=O) groups excluding carboxylic acids is 1. The number of urea groups is 1. The Morgan fingerprint density at radius 2 is 2.19 bits per heavy atom. The number of carbonyl (C=O) groups is 1. The Hall–Kier alpha value is -1.96. The number of likely N-dealkylation sites (tertiary alicyclic amines) is 1. The number of alkyl halides is 3. The minimum absolute atomic E-state index is 0.161. The summed E-state index contributed by atoms with van der Waals surface area (Å²) in [5.74, 6) is 0.515. The number of halogens is 3. The van der Waals surface area contributed by atoms with Crippen molar-refractivity contribution in [2.24, 2.45) is 0 Å². The fourth-order valence-electron chi connectivity index (χ4n) is 2.10. The normalized spacial score (nSPS) is 22.2. The first-order valence-electron chi connectivity index (χ1n) is 6.24. The van der Waals surface area contributed by atoms with Gasteiger partial charge in [-0.25, -0.2) is 4.79 Å². The molecule has 1 aromatic carbocycles. The lowest BCUT2D eigenvalue weighted by Gasteiger charge is -2.26. The molecule has 1 saturated heterocycles. The summed E-state index contributed by atoms with van der Waals surface area (Å²) >= 11 is 0. The van der Waals surface area contributed by atoms with Gasteiger partial charge < -0.3 is 20.1 Å². The van der Waals surface area contributed by atoms with Crippen molar-refractivity contribution in [3.05, 3.63) is 24.3 Å². The fourth-order valence-corrected chi connectivity index (χ4v) is 2.10. The van der Waals surface area contributed by atoms with Gasteiger partial charge in [0.1, 0.15) is 5.75 Å². The van der Waals surface area contributed by atoms with E-state index in [-0.39, 0.29) is 6.54 Å². The molecule has 2 rings (SSSR count). The summed E-state index contributed by atoms with van der Waals surface area (Å²) < 4.78 is 43.0. The Labute approximate surface area is 119 Å². The maximum Gasteiger partial charge on any atom is 0.419 e. The zero-order valence-corrected chi connectivity index (χ0v) is 11.3. The van der Waals surface area contributed by atoms with Crippen molar-refractivity contribution >= 4 is 11.7 Å². The van der Waals surface area contributed by atoms with E-state index in [0.29, 0.717) is 11.4 Å². The number of hydrogen-bond donors (Lipinski definition) is 2. The highest BCUT2D eigenvalue weighted by molar-refractivity contribution is 5.89. The van der Waals surface area contributed by atoms with E-state index >= 15 is 0 Å². The van der Waals surface area contributed by atoms with Crippen molar-refractivity contribution < 1.29 is 27.8 Å². The molecule has 1 aliphatic heterocycles. The van der Waals surface area contributed by atoms with Crippen LogP contribution in [-0.4, -0.2) is 48.0 Å². The number of anilines is 1. The molecule has 0 bridgehead atoms. The first-order valence-corrected chi connectivity index (χ1v) is 6.24. The Bertz CT molecular complexity index is 536. The number of methoxy groups -OCH3 is 1. The number of hydrogen-bond acceptors (Lipinski definition) is 3. The van der Waals surface area contributed by atoms with Gasteiger partial charge in [-0.15, -0.1) is 0 Å². The number of amides is 2. The molecule has 5 nitrogen and oxygen atoms in total. The summed E-state index contributed by atoms with van der Waals surface area (Å²) in [6, 6.07) is 5.76. The maximum atomic E-state index is 12.7. The predicted octanol–water partition coefficient (Wildman–Crippen LogP) is 2.23. The van der Waals surface area contributed by atoms with E-state index in [1.807, 2.05) is 0 Å². The van der Waals surface area contributed by atoms with E-state index in [4.69, 9.17) is 4.74 Å². The zero-order valence-electron chi connectivity index (χ0n) is 11.3. The number of β-amino-alcohol motifs (C(OH)–C–C–N with tert-alkyl or cyclic N) is 1. The average Bonchev–Trinajstić information content (AvgIpc) is 2.83. The highest BCUT2D eigenvalue weighted by Gasteiger charge is 2.57. The van der Waals surface area contributed by atoms with E-state index in [1.165, 1.54) is 7.11 Å². The second-order valence-electron chi connectivity index (χ2n) is 4.86. The minimum Gasteiger partial charge on any atom is -0.497 e. The van der Waals surface area contributed by atoms with E-state index in [2.05, 4.69) is 5.32 Å². The van der Waals surface area contributed by atoms with Crippen LogP contribution in [0.5, 0.6) is 5.75 Å². The summed E-state index contributed by atoms with van der Waals surface area (Å²) in [6.45, 7) is -0.932. The third-order valence-corrected chi connectivity index (χ3v) is 3.38. The molecule has 8 heteroatoms. The van der Waals surface area contributed by atoms with Crippen LogP contribution in [0, 0.1) is 0 Å². The summed E-state index contributed by atoms with van der Waals surface area (Å²) in [5.41, 5.74) is -2.43. The van der Waals surface area contributed by atoms with Crippen molar-refractivity contribution in [3.63, 3.8) is 0 Å². The van der Waals surface area contributed by atoms with Crippen LogP contribution in [-0.2, 0) is 0 Å². The molecule has 21 heavy (non-hydrogen) atoms. The predicted molar refractivity (Wildman–Crippen MR) is 69.2 cm³/mol. The molecule has 1 unspecified atom stereocenters. The Morgan fingerprint density at radius 1 is 1.48 bits per heavy atom. The van der Waals surface area contributed by atoms with Crippen LogP contribution in [0.15, 0.2) is 24.3 Å². The van der Waals surface area contributed by atoms with E-state index in [0.717, 1.165) is 4.90 Å². The molecule has 0 spiro atoms. The molecule has 2 N–H and O–H groups in total. The van der Waals surface area contributed by atoms with Crippen LogP contribution in [0.3, 0.4) is 0 Å². The summed E-state index contributed by atoms with van der Waals surface area (Å²) in [7, 11) is 1.46. The Kier molecular flexibility index (Phi) is 3.99. The third-order valence-electron chi connectivity index (χ3n) is 3.38. The average molecular weight is 304 g/mol. The number of benzene rings is 1. The first-order chi connectivity index (χ1) is 9.75. The van der Waals surface area contributed by atoms with E-state index in [1.54, 1.807) is 24.3 Å². The van der Waals surface area contributed by atoms with Gasteiger partial charge in [0.15, 0.2) is 5.60 Å². The molecule has 116 valence electrons. The topological polar surface area (TPSA) is 61.8 Å². The van der Waals surface area contributed by atoms with Crippen molar-refractivity contribution in [2.45, 2.75) is 18.2 Å². The number of ether oxygens (including phenoxy) is 1. The Balaban J connectivity index is 2.02. The quantitative estimate of drug-likeness (QED) is 0.881. The maximum absolute atomic E-state index is 12.7. The standard InChI is InChI=1S/C13H15F3N2O3/c1-21-10-4-2-3-9(7-10)17-11(19)18-6-5-12(20,8-18)13(14,15)16/h2-4,7,20H,5-6,8H2,1H3,(H,17,19). The number of nitrogens with one attached hydrogen (secondary N) is 1. The molecule has 0 aliphatic carbocycles. The molecule has 1 fully saturated rings. The summed E-state index contributed by atoms with van der Waals surface area (Å²) in [4.78, 5) is 12.9. The van der Waals surface area contributed by atoms with Crippen LogP contribution < -0.4 is 10.1 Å². The molecule has 1 atom stereocenters. The van der Waals surface area contributed by atoms with Gasteiger partial charge in [-0.05, 0) is 12.1 Å². The fraction of sp³-hybridized carbons (Fsp3) is 0.462. The molecule has 0 saturated carbocycles. The molecule has 0 radical (unpaired) electrons. The largest absolute Gasteiger partial charge is 0.497 e. The monoisotopic (exact) mass is 304 g/mol. The van der Waals surface area contributed by atoms with Gasteiger partial charge in [-0.1, -0.05) is 6.07 Å². The molecule has 1 aliphatic rings. The smallest absolute Gasteiger partial charge is 0.419 e. The van der Waals surface area contributed by atoms with E-state index < -0.39 is 30.8 Å². The molecule has 0 aromatic heterocycles. The lowest BCUT2D eigenvalue weighted by Crippen LogP contribution is -2.48. The second kappa shape index (κ2) is 5.44. The molecule has 1 heterocycles. The van der Waals surface area contributed by atoms with Crippen molar-refractivity contribution in [3.8, 4) is 5.75 Å². The molecular formula is C13H15F3N2O3. The molecular weight excluding hydrogens is 289 g/mol. The highest BCUT2D eigenvalue weighted by atomic mass is 19.4. The van der Waals surface area contributed by atoms with Crippen molar-refractivity contribution in [1.82, 2.24) is 4.90 Å². The first kappa shape index (κ1) is 15.4. The van der Waals surface area contributed by atoms with Crippen LogP contribution in [0.1, 0.15) is 6.42 Å². The van der Waals surface area contributed by atoms with Gasteiger partial charge in [-0.3, -0.25) is 0 Å². The van der Waals surface area contributed by atoms with Crippen molar-refractivity contribution in [2.75, 3.05) is 25.5 Å². The van der Waals surface area contributed by atoms with Crippen LogP contribution in [0.2, 0.25) is 0 Å². The van der Waals surface area contributed by atoms with Gasteiger partial charge in [0.2, 0.25) is 0 Å². The van der Waals surface area contributed by atoms with Crippen LogP contribution in [0.4, 0.5) is 23.7 Å². The lowest BCUT2D eigenvalue weighted by atomic mass is 10.0. The minimum atomic E-state index is -4.75. The Morgan fingerprint density at radius 3 is 2.76 bits per heavy atom. The van der Waals surface area contributed by atoms with Gasteiger partial charge >= 0.3 is 12.2 Å². The van der Waals surface area contributed by atoms with Crippen LogP contribution in [0.25, 0.3) is 0 Å². The lowest BCUT2D eigenvalue weighted by molar-refractivity contribution is -0.253. The number of nitrogens with zero attached hydrogens (tertiary/aromatic N) is 1. The van der Waals surface area contributed by atoms with Crippen LogP contribution >= 0.6 is 0 Å². The second-order valence-corrected chi connectivity index (χ2v) is 4.86. The van der Waals surface area contributed by atoms with E-state index in [9.17, 15) is 23.1 Å². The summed E-state index contributed by atoms with van der Waals surface area (Å²) in [6.07, 6.45) is -5.28. The third kappa shape index (κ3) is 3.21. The zero-order chi connectivity index (χ0) is 15.7. The highest BCUT2D eigenvalue weighted by Crippen LogP contribution is 2.37. The van der Waals surface area contributed by atoms with Gasteiger partial charge in [-0.2, -0.15) is 13.2 Å². The summed E-state index contributed by atoms with van der Waals surface area (Å²) in [5, 5.41) is 12.0. The van der Waals surface area contributed by atoms with Gasteiger partial charge in [0.05, 0.1) is 13.7 Å². The van der Waals surface area contributed by atoms with Gasteiger partial charge in [0.25, 0.3) is 0 Å². The molecule has 1 aromatic rings. The van der Waals surface area contributed by atoms with Gasteiger partial charge in [0, 0.05) is 24.7 Å². The van der Waals surface area contributed by atoms with Crippen molar-refractivity contribution in [1.29, 1.82) is 0 Å². The number of aliphatic hydroxyl groups is 1. The number of rotatable bonds is 2.